The van der Waals surface area contributed by atoms with E-state index in [1.165, 1.54) is 7.11 Å². The minimum absolute atomic E-state index is 0.200. The van der Waals surface area contributed by atoms with E-state index in [0.29, 0.717) is 36.6 Å². The van der Waals surface area contributed by atoms with Crippen LogP contribution >= 0.6 is 0 Å². The van der Waals surface area contributed by atoms with Gasteiger partial charge in [0.15, 0.2) is 11.5 Å². The second kappa shape index (κ2) is 9.96. The number of nitrogens with one attached hydrogen (secondary N) is 1. The van der Waals surface area contributed by atoms with Crippen LogP contribution in [0.4, 0.5) is 5.69 Å². The molecule has 2 aromatic rings. The van der Waals surface area contributed by atoms with Gasteiger partial charge in [0.2, 0.25) is 5.91 Å². The Morgan fingerprint density at radius 2 is 1.83 bits per heavy atom. The lowest BCUT2D eigenvalue weighted by molar-refractivity contribution is -0.149. The van der Waals surface area contributed by atoms with Gasteiger partial charge in [0, 0.05) is 12.7 Å². The number of allylic oxidation sites excluding steroid dienone is 2. The number of hydrogen-bond donors (Lipinski definition) is 1. The largest absolute Gasteiger partial charge is 0.493 e. The van der Waals surface area contributed by atoms with Crippen molar-refractivity contribution in [1.29, 1.82) is 0 Å². The number of aryl methyl sites for hydroxylation is 2. The molecule has 0 saturated heterocycles. The third-order valence-corrected chi connectivity index (χ3v) is 5.25. The number of carbonyl (C=O) groups excluding carboxylic acids is 2. The summed E-state index contributed by atoms with van der Waals surface area (Å²) in [7, 11) is 4.56. The van der Waals surface area contributed by atoms with Gasteiger partial charge in [0.25, 0.3) is 0 Å². The van der Waals surface area contributed by atoms with Crippen LogP contribution in [-0.4, -0.2) is 43.0 Å². The number of amides is 1. The van der Waals surface area contributed by atoms with E-state index in [-0.39, 0.29) is 11.9 Å². The van der Waals surface area contributed by atoms with Crippen LogP contribution in [0.15, 0.2) is 42.7 Å². The fourth-order valence-electron chi connectivity index (χ4n) is 3.58. The van der Waals surface area contributed by atoms with Gasteiger partial charge in [-0.3, -0.25) is 14.3 Å². The van der Waals surface area contributed by atoms with Gasteiger partial charge in [-0.25, -0.2) is 0 Å². The van der Waals surface area contributed by atoms with E-state index >= 15 is 0 Å². The van der Waals surface area contributed by atoms with Crippen molar-refractivity contribution >= 4 is 17.6 Å². The lowest BCUT2D eigenvalue weighted by Gasteiger charge is -2.25. The molecule has 2 atom stereocenters. The van der Waals surface area contributed by atoms with E-state index in [2.05, 4.69) is 10.4 Å². The van der Waals surface area contributed by atoms with Crippen LogP contribution in [0.1, 0.15) is 18.4 Å². The number of ether oxygens (including phenoxy) is 3. The molecule has 1 N–H and O–H groups in total. The topological polar surface area (TPSA) is 91.7 Å². The Balaban J connectivity index is 1.59. The van der Waals surface area contributed by atoms with Gasteiger partial charge in [0.05, 0.1) is 45.0 Å². The molecule has 30 heavy (non-hydrogen) atoms. The molecule has 1 aliphatic rings. The fourth-order valence-corrected chi connectivity index (χ4v) is 3.58. The molecule has 0 spiro atoms. The Morgan fingerprint density at radius 1 is 1.10 bits per heavy atom. The number of carbonyl (C=O) groups is 2. The van der Waals surface area contributed by atoms with Crippen LogP contribution in [0.25, 0.3) is 0 Å². The highest BCUT2D eigenvalue weighted by atomic mass is 16.5. The van der Waals surface area contributed by atoms with Crippen molar-refractivity contribution < 1.29 is 23.8 Å². The zero-order valence-electron chi connectivity index (χ0n) is 17.5. The van der Waals surface area contributed by atoms with Gasteiger partial charge < -0.3 is 19.5 Å². The summed E-state index contributed by atoms with van der Waals surface area (Å²) in [5, 5.41) is 7.19. The molecule has 1 amide bonds. The molecule has 0 bridgehead atoms. The van der Waals surface area contributed by atoms with Crippen LogP contribution < -0.4 is 14.8 Å². The van der Waals surface area contributed by atoms with E-state index in [9.17, 15) is 9.59 Å². The van der Waals surface area contributed by atoms with Crippen LogP contribution in [0, 0.1) is 11.8 Å². The molecular weight excluding hydrogens is 386 g/mol. The summed E-state index contributed by atoms with van der Waals surface area (Å²) >= 11 is 0. The van der Waals surface area contributed by atoms with Crippen molar-refractivity contribution in [3.05, 3.63) is 48.3 Å². The number of aromatic nitrogens is 2. The van der Waals surface area contributed by atoms with Crippen LogP contribution in [-0.2, 0) is 27.3 Å². The van der Waals surface area contributed by atoms with E-state index in [0.717, 1.165) is 12.0 Å². The van der Waals surface area contributed by atoms with Gasteiger partial charge in [-0.2, -0.15) is 5.10 Å². The first-order valence-corrected chi connectivity index (χ1v) is 9.82. The molecule has 1 aromatic carbocycles. The fraction of sp³-hybridized carbons (Fsp3) is 0.409. The third kappa shape index (κ3) is 5.00. The molecular formula is C22H27N3O5. The minimum atomic E-state index is -0.458. The van der Waals surface area contributed by atoms with Crippen molar-refractivity contribution in [3.63, 3.8) is 0 Å². The smallest absolute Gasteiger partial charge is 0.309 e. The highest BCUT2D eigenvalue weighted by Gasteiger charge is 2.34. The molecule has 1 aliphatic carbocycles. The molecule has 3 rings (SSSR count). The SMILES string of the molecule is COC(=O)C1CC=CCC1C(=O)Nc1cnn(CCc2ccc(OC)c(OC)c2)c1. The number of nitrogens with zero attached hydrogens (tertiary/aromatic N) is 2. The Bertz CT molecular complexity index is 921. The second-order valence-corrected chi connectivity index (χ2v) is 7.10. The summed E-state index contributed by atoms with van der Waals surface area (Å²) in [5.74, 6) is -0.0877. The normalized spacial score (nSPS) is 18.0. The summed E-state index contributed by atoms with van der Waals surface area (Å²) in [6, 6.07) is 5.80. The monoisotopic (exact) mass is 413 g/mol. The zero-order valence-corrected chi connectivity index (χ0v) is 17.5. The number of rotatable bonds is 8. The predicted molar refractivity (Wildman–Crippen MR) is 111 cm³/mol. The first kappa shape index (κ1) is 21.4. The molecule has 0 saturated carbocycles. The summed E-state index contributed by atoms with van der Waals surface area (Å²) < 4.78 is 17.2. The van der Waals surface area contributed by atoms with E-state index in [4.69, 9.17) is 14.2 Å². The molecule has 160 valence electrons. The lowest BCUT2D eigenvalue weighted by Crippen LogP contribution is -2.35. The Kier molecular flexibility index (Phi) is 7.11. The minimum Gasteiger partial charge on any atom is -0.493 e. The summed E-state index contributed by atoms with van der Waals surface area (Å²) in [6.45, 7) is 0.641. The molecule has 0 radical (unpaired) electrons. The highest BCUT2D eigenvalue weighted by molar-refractivity contribution is 5.95. The average Bonchev–Trinajstić information content (AvgIpc) is 3.24. The Morgan fingerprint density at radius 3 is 2.53 bits per heavy atom. The number of methoxy groups -OCH3 is 3. The average molecular weight is 413 g/mol. The maximum atomic E-state index is 12.7. The number of esters is 1. The molecule has 8 heteroatoms. The summed E-state index contributed by atoms with van der Waals surface area (Å²) in [6.07, 6.45) is 9.00. The van der Waals surface area contributed by atoms with Crippen LogP contribution in [0.2, 0.25) is 0 Å². The predicted octanol–water partition coefficient (Wildman–Crippen LogP) is 2.84. The van der Waals surface area contributed by atoms with Gasteiger partial charge >= 0.3 is 5.97 Å². The quantitative estimate of drug-likeness (QED) is 0.529. The first-order chi connectivity index (χ1) is 14.5. The van der Waals surface area contributed by atoms with Crippen molar-refractivity contribution in [3.8, 4) is 11.5 Å². The number of hydrogen-bond acceptors (Lipinski definition) is 6. The van der Waals surface area contributed by atoms with Gasteiger partial charge in [0.1, 0.15) is 0 Å². The number of benzene rings is 1. The lowest BCUT2D eigenvalue weighted by atomic mass is 9.82. The molecule has 1 aromatic heterocycles. The van der Waals surface area contributed by atoms with E-state index in [1.807, 2.05) is 30.4 Å². The summed E-state index contributed by atoms with van der Waals surface area (Å²) in [4.78, 5) is 24.7. The maximum Gasteiger partial charge on any atom is 0.309 e. The van der Waals surface area contributed by atoms with E-state index < -0.39 is 11.8 Å². The Hall–Kier alpha value is -3.29. The molecule has 1 heterocycles. The third-order valence-electron chi connectivity index (χ3n) is 5.25. The van der Waals surface area contributed by atoms with Crippen molar-refractivity contribution in [2.75, 3.05) is 26.6 Å². The maximum absolute atomic E-state index is 12.7. The highest BCUT2D eigenvalue weighted by Crippen LogP contribution is 2.29. The molecule has 0 aliphatic heterocycles. The van der Waals surface area contributed by atoms with Gasteiger partial charge in [-0.05, 0) is 37.0 Å². The number of anilines is 1. The van der Waals surface area contributed by atoms with Gasteiger partial charge in [-0.1, -0.05) is 18.2 Å². The molecule has 0 fully saturated rings. The van der Waals surface area contributed by atoms with Crippen LogP contribution in [0.5, 0.6) is 11.5 Å². The molecule has 2 unspecified atom stereocenters. The van der Waals surface area contributed by atoms with Crippen molar-refractivity contribution in [2.24, 2.45) is 11.8 Å². The van der Waals surface area contributed by atoms with Gasteiger partial charge in [-0.15, -0.1) is 0 Å². The van der Waals surface area contributed by atoms with E-state index in [1.54, 1.807) is 31.3 Å². The van der Waals surface area contributed by atoms with Crippen molar-refractivity contribution in [2.45, 2.75) is 25.8 Å². The van der Waals surface area contributed by atoms with Crippen molar-refractivity contribution in [1.82, 2.24) is 9.78 Å². The van der Waals surface area contributed by atoms with Crippen LogP contribution in [0.3, 0.4) is 0 Å². The molecule has 8 nitrogen and oxygen atoms in total. The summed E-state index contributed by atoms with van der Waals surface area (Å²) in [5.41, 5.74) is 1.69. The standard InChI is InChI=1S/C22H27N3O5/c1-28-19-9-8-15(12-20(19)29-2)10-11-25-14-16(13-23-25)24-21(26)17-6-4-5-7-18(17)22(27)30-3/h4-5,8-9,12-14,17-18H,6-7,10-11H2,1-3H3,(H,24,26). The zero-order chi connectivity index (χ0) is 21.5. The first-order valence-electron chi connectivity index (χ1n) is 9.82. The second-order valence-electron chi connectivity index (χ2n) is 7.10. The Labute approximate surface area is 175 Å².